The number of carbonyl (C=O) groups excluding carboxylic acids is 2. The Kier molecular flexibility index (Phi) is 6.93. The number of amides is 1. The van der Waals surface area contributed by atoms with E-state index >= 15 is 0 Å². The first-order valence-corrected chi connectivity index (χ1v) is 13.7. The zero-order valence-electron chi connectivity index (χ0n) is 21.3. The molecule has 0 bridgehead atoms. The van der Waals surface area contributed by atoms with Crippen molar-refractivity contribution in [2.24, 2.45) is 11.3 Å². The molecule has 2 aromatic rings. The number of ketones is 1. The van der Waals surface area contributed by atoms with Gasteiger partial charge in [0.05, 0.1) is 17.2 Å². The van der Waals surface area contributed by atoms with Crippen LogP contribution in [-0.4, -0.2) is 35.0 Å². The predicted molar refractivity (Wildman–Crippen MR) is 144 cm³/mol. The standard InChI is InChI=1S/C29H33Cl2FN2O3/c1-28(2,3)14-24-29(19-8-6-17(30)13-22(19)33-27(29)37)25(16-5-9-21(32)20(31)12-16)26(34-24)23(36)11-15-4-7-18(35)10-15/h5-6,8-9,12-13,15,18,24-26,34-35H,4,7,10-11,14H2,1-3H3,(H,33,37)/t15?,18-,24+,25-,26-,29-/m0/s1. The van der Waals surface area contributed by atoms with Crippen LogP contribution in [0.15, 0.2) is 36.4 Å². The molecule has 1 amide bonds. The van der Waals surface area contributed by atoms with Gasteiger partial charge < -0.3 is 15.7 Å². The molecule has 1 spiro atoms. The molecule has 6 atom stereocenters. The van der Waals surface area contributed by atoms with E-state index in [0.717, 1.165) is 12.0 Å². The molecule has 2 heterocycles. The Morgan fingerprint density at radius 1 is 1.16 bits per heavy atom. The molecule has 2 fully saturated rings. The number of hydrogen-bond donors (Lipinski definition) is 3. The van der Waals surface area contributed by atoms with Crippen molar-refractivity contribution in [3.63, 3.8) is 0 Å². The zero-order chi connectivity index (χ0) is 26.7. The summed E-state index contributed by atoms with van der Waals surface area (Å²) in [5, 5.41) is 17.1. The highest BCUT2D eigenvalue weighted by molar-refractivity contribution is 6.31. The molecule has 37 heavy (non-hydrogen) atoms. The molecule has 198 valence electrons. The Bertz CT molecular complexity index is 1250. The SMILES string of the molecule is CC(C)(C)C[C@H]1N[C@@H](C(=O)CC2CC[C@H](O)C2)[C@H](c2ccc(F)c(Cl)c2)[C@@]12C(=O)Nc1cc(Cl)ccc12. The summed E-state index contributed by atoms with van der Waals surface area (Å²) < 4.78 is 14.2. The molecule has 1 saturated carbocycles. The molecule has 1 unspecified atom stereocenters. The lowest BCUT2D eigenvalue weighted by atomic mass is 9.62. The molecule has 3 N–H and O–H groups in total. The summed E-state index contributed by atoms with van der Waals surface area (Å²) in [6, 6.07) is 8.80. The van der Waals surface area contributed by atoms with Gasteiger partial charge >= 0.3 is 0 Å². The number of fused-ring (bicyclic) bond motifs is 2. The van der Waals surface area contributed by atoms with Crippen molar-refractivity contribution in [3.05, 3.63) is 63.4 Å². The maximum absolute atomic E-state index is 14.2. The number of benzene rings is 2. The van der Waals surface area contributed by atoms with Gasteiger partial charge in [0.2, 0.25) is 5.91 Å². The summed E-state index contributed by atoms with van der Waals surface area (Å²) in [5.74, 6) is -1.27. The Hall–Kier alpha value is -1.99. The average molecular weight is 547 g/mol. The van der Waals surface area contributed by atoms with Crippen molar-refractivity contribution in [2.45, 2.75) is 82.4 Å². The fourth-order valence-corrected chi connectivity index (χ4v) is 7.19. The molecule has 1 aliphatic carbocycles. The van der Waals surface area contributed by atoms with Gasteiger partial charge in [-0.05, 0) is 72.4 Å². The monoisotopic (exact) mass is 546 g/mol. The summed E-state index contributed by atoms with van der Waals surface area (Å²) >= 11 is 12.5. The number of halogens is 3. The number of Topliss-reactive ketones (excluding diaryl/α,β-unsaturated/α-hetero) is 1. The number of aliphatic hydroxyl groups excluding tert-OH is 1. The lowest BCUT2D eigenvalue weighted by molar-refractivity contribution is -0.123. The maximum atomic E-state index is 14.2. The summed E-state index contributed by atoms with van der Waals surface area (Å²) in [6.07, 6.45) is 2.65. The number of aliphatic hydroxyl groups is 1. The third kappa shape index (κ3) is 4.71. The minimum Gasteiger partial charge on any atom is -0.393 e. The van der Waals surface area contributed by atoms with E-state index < -0.39 is 23.2 Å². The van der Waals surface area contributed by atoms with Gasteiger partial charge in [-0.2, -0.15) is 0 Å². The Morgan fingerprint density at radius 3 is 2.57 bits per heavy atom. The normalized spacial score (nSPS) is 31.1. The van der Waals surface area contributed by atoms with Gasteiger partial charge in [-0.25, -0.2) is 4.39 Å². The highest BCUT2D eigenvalue weighted by atomic mass is 35.5. The van der Waals surface area contributed by atoms with Crippen LogP contribution >= 0.6 is 23.2 Å². The smallest absolute Gasteiger partial charge is 0.237 e. The number of hydrogen-bond acceptors (Lipinski definition) is 4. The summed E-state index contributed by atoms with van der Waals surface area (Å²) in [5.41, 5.74) is 0.768. The van der Waals surface area contributed by atoms with Crippen molar-refractivity contribution in [2.75, 3.05) is 5.32 Å². The highest BCUT2D eigenvalue weighted by Crippen LogP contribution is 2.57. The van der Waals surface area contributed by atoms with E-state index in [-0.39, 0.29) is 40.2 Å². The molecular formula is C29H33Cl2FN2O3. The van der Waals surface area contributed by atoms with E-state index in [0.29, 0.717) is 42.0 Å². The van der Waals surface area contributed by atoms with Crippen LogP contribution in [0, 0.1) is 17.2 Å². The number of nitrogens with one attached hydrogen (secondary N) is 2. The fraction of sp³-hybridized carbons (Fsp3) is 0.517. The average Bonchev–Trinajstić information content (AvgIpc) is 3.44. The van der Waals surface area contributed by atoms with Crippen molar-refractivity contribution in [3.8, 4) is 0 Å². The summed E-state index contributed by atoms with van der Waals surface area (Å²) in [4.78, 5) is 28.1. The van der Waals surface area contributed by atoms with E-state index in [4.69, 9.17) is 23.2 Å². The van der Waals surface area contributed by atoms with Crippen LogP contribution < -0.4 is 10.6 Å². The molecular weight excluding hydrogens is 514 g/mol. The molecule has 2 aromatic carbocycles. The molecule has 5 rings (SSSR count). The molecule has 8 heteroatoms. The van der Waals surface area contributed by atoms with Gasteiger partial charge in [0.25, 0.3) is 0 Å². The van der Waals surface area contributed by atoms with Crippen LogP contribution in [0.4, 0.5) is 10.1 Å². The molecule has 3 aliphatic rings. The minimum atomic E-state index is -1.12. The number of anilines is 1. The molecule has 5 nitrogen and oxygen atoms in total. The van der Waals surface area contributed by atoms with Gasteiger partial charge in [-0.15, -0.1) is 0 Å². The van der Waals surface area contributed by atoms with Crippen molar-refractivity contribution in [1.82, 2.24) is 5.32 Å². The van der Waals surface area contributed by atoms with Crippen LogP contribution in [-0.2, 0) is 15.0 Å². The van der Waals surface area contributed by atoms with Gasteiger partial charge in [-0.3, -0.25) is 9.59 Å². The van der Waals surface area contributed by atoms with Crippen LogP contribution in [0.1, 0.15) is 69.9 Å². The topological polar surface area (TPSA) is 78.4 Å². The second-order valence-electron chi connectivity index (χ2n) is 12.1. The van der Waals surface area contributed by atoms with E-state index in [1.165, 1.54) is 6.07 Å². The molecule has 2 aliphatic heterocycles. The van der Waals surface area contributed by atoms with Crippen LogP contribution in [0.25, 0.3) is 0 Å². The van der Waals surface area contributed by atoms with Crippen molar-refractivity contribution < 1.29 is 19.1 Å². The Morgan fingerprint density at radius 2 is 1.92 bits per heavy atom. The van der Waals surface area contributed by atoms with Crippen molar-refractivity contribution in [1.29, 1.82) is 0 Å². The Balaban J connectivity index is 1.68. The third-order valence-corrected chi connectivity index (χ3v) is 8.80. The van der Waals surface area contributed by atoms with Gasteiger partial charge in [0, 0.05) is 29.1 Å². The fourth-order valence-electron chi connectivity index (χ4n) is 6.83. The second-order valence-corrected chi connectivity index (χ2v) is 13.0. The van der Waals surface area contributed by atoms with Crippen molar-refractivity contribution >= 4 is 40.6 Å². The van der Waals surface area contributed by atoms with Gasteiger partial charge in [0.1, 0.15) is 11.2 Å². The van der Waals surface area contributed by atoms with Crippen LogP contribution in [0.3, 0.4) is 0 Å². The van der Waals surface area contributed by atoms with Gasteiger partial charge in [0.15, 0.2) is 5.78 Å². The Labute approximate surface area is 227 Å². The van der Waals surface area contributed by atoms with E-state index in [1.807, 2.05) is 6.07 Å². The zero-order valence-corrected chi connectivity index (χ0v) is 22.8. The van der Waals surface area contributed by atoms with Crippen LogP contribution in [0.5, 0.6) is 0 Å². The van der Waals surface area contributed by atoms with E-state index in [1.54, 1.807) is 24.3 Å². The van der Waals surface area contributed by atoms with Gasteiger partial charge in [-0.1, -0.05) is 56.1 Å². The highest BCUT2D eigenvalue weighted by Gasteiger charge is 2.65. The summed E-state index contributed by atoms with van der Waals surface area (Å²) in [6.45, 7) is 6.32. The lowest BCUT2D eigenvalue weighted by Gasteiger charge is -2.37. The quantitative estimate of drug-likeness (QED) is 0.429. The van der Waals surface area contributed by atoms with E-state index in [2.05, 4.69) is 31.4 Å². The largest absolute Gasteiger partial charge is 0.393 e. The third-order valence-electron chi connectivity index (χ3n) is 8.28. The first kappa shape index (κ1) is 26.6. The maximum Gasteiger partial charge on any atom is 0.237 e. The first-order valence-electron chi connectivity index (χ1n) is 12.9. The number of carbonyl (C=O) groups is 2. The lowest BCUT2D eigenvalue weighted by Crippen LogP contribution is -2.49. The van der Waals surface area contributed by atoms with Crippen LogP contribution in [0.2, 0.25) is 10.0 Å². The molecule has 0 radical (unpaired) electrons. The molecule has 1 saturated heterocycles. The summed E-state index contributed by atoms with van der Waals surface area (Å²) in [7, 11) is 0. The second kappa shape index (κ2) is 9.64. The number of rotatable bonds is 5. The minimum absolute atomic E-state index is 0.00412. The van der Waals surface area contributed by atoms with E-state index in [9.17, 15) is 19.1 Å². The molecule has 0 aromatic heterocycles. The first-order chi connectivity index (χ1) is 17.4. The predicted octanol–water partition coefficient (Wildman–Crippen LogP) is 6.00.